The smallest absolute Gasteiger partial charge is 0.251 e. The van der Waals surface area contributed by atoms with Gasteiger partial charge in [0.25, 0.3) is 5.91 Å². The van der Waals surface area contributed by atoms with Crippen molar-refractivity contribution in [1.82, 2.24) is 5.32 Å². The second-order valence-corrected chi connectivity index (χ2v) is 5.13. The number of amides is 1. The van der Waals surface area contributed by atoms with E-state index >= 15 is 0 Å². The van der Waals surface area contributed by atoms with E-state index in [1.165, 1.54) is 12.8 Å². The van der Waals surface area contributed by atoms with Gasteiger partial charge < -0.3 is 5.32 Å². The van der Waals surface area contributed by atoms with Crippen LogP contribution in [0.3, 0.4) is 0 Å². The molecular weight excluding hydrogens is 234 g/mol. The number of halogens is 1. The molecule has 0 atom stereocenters. The van der Waals surface area contributed by atoms with Crippen molar-refractivity contribution in [3.8, 4) is 0 Å². The Hall–Kier alpha value is -1.02. The van der Waals surface area contributed by atoms with Gasteiger partial charge in [-0.05, 0) is 42.4 Å². The van der Waals surface area contributed by atoms with Crippen LogP contribution < -0.4 is 5.32 Å². The first kappa shape index (κ1) is 12.4. The Balaban J connectivity index is 1.90. The van der Waals surface area contributed by atoms with Gasteiger partial charge in [0.1, 0.15) is 0 Å². The lowest BCUT2D eigenvalue weighted by atomic mass is 10.0. The summed E-state index contributed by atoms with van der Waals surface area (Å²) < 4.78 is 0. The fourth-order valence-electron chi connectivity index (χ4n) is 1.95. The van der Waals surface area contributed by atoms with Gasteiger partial charge in [0.2, 0.25) is 0 Å². The van der Waals surface area contributed by atoms with Crippen LogP contribution in [0.2, 0.25) is 0 Å². The van der Waals surface area contributed by atoms with Crippen molar-refractivity contribution in [2.24, 2.45) is 5.41 Å². The third kappa shape index (κ3) is 3.01. The molecule has 0 unspecified atom stereocenters. The first-order valence-electron chi connectivity index (χ1n) is 6.12. The molecule has 0 bridgehead atoms. The molecule has 92 valence electrons. The molecule has 1 aliphatic rings. The quantitative estimate of drug-likeness (QED) is 0.799. The highest BCUT2D eigenvalue weighted by Crippen LogP contribution is 2.47. The summed E-state index contributed by atoms with van der Waals surface area (Å²) in [7, 11) is 0. The Morgan fingerprint density at radius 2 is 2.00 bits per heavy atom. The van der Waals surface area contributed by atoms with Crippen LogP contribution in [0.25, 0.3) is 0 Å². The van der Waals surface area contributed by atoms with Gasteiger partial charge in [-0.25, -0.2) is 0 Å². The number of alkyl halides is 1. The highest BCUT2D eigenvalue weighted by atomic mass is 35.5. The summed E-state index contributed by atoms with van der Waals surface area (Å²) in [4.78, 5) is 11.9. The van der Waals surface area contributed by atoms with Crippen molar-refractivity contribution < 1.29 is 4.79 Å². The highest BCUT2D eigenvalue weighted by Gasteiger charge is 2.40. The first-order chi connectivity index (χ1) is 8.19. The van der Waals surface area contributed by atoms with Gasteiger partial charge in [-0.15, -0.1) is 11.6 Å². The molecule has 0 heterocycles. The van der Waals surface area contributed by atoms with Gasteiger partial charge in [0.05, 0.1) is 0 Å². The van der Waals surface area contributed by atoms with Gasteiger partial charge in [-0.3, -0.25) is 4.79 Å². The van der Waals surface area contributed by atoms with Crippen LogP contribution in [0, 0.1) is 5.41 Å². The maximum atomic E-state index is 11.9. The lowest BCUT2D eigenvalue weighted by molar-refractivity contribution is 0.0944. The minimum absolute atomic E-state index is 0.0193. The minimum Gasteiger partial charge on any atom is -0.351 e. The van der Waals surface area contributed by atoms with Crippen molar-refractivity contribution in [1.29, 1.82) is 0 Å². The van der Waals surface area contributed by atoms with E-state index < -0.39 is 0 Å². The Bertz CT molecular complexity index is 395. The van der Waals surface area contributed by atoms with E-state index in [0.717, 1.165) is 18.5 Å². The summed E-state index contributed by atoms with van der Waals surface area (Å²) in [5, 5.41) is 3.02. The number of hydrogen-bond acceptors (Lipinski definition) is 1. The van der Waals surface area contributed by atoms with Gasteiger partial charge in [-0.2, -0.15) is 0 Å². The zero-order chi connectivity index (χ0) is 12.3. The average Bonchev–Trinajstić information content (AvgIpc) is 3.17. The van der Waals surface area contributed by atoms with Crippen molar-refractivity contribution in [3.05, 3.63) is 35.4 Å². The van der Waals surface area contributed by atoms with E-state index in [0.29, 0.717) is 16.9 Å². The summed E-state index contributed by atoms with van der Waals surface area (Å²) in [5.74, 6) is 0.506. The molecule has 0 spiro atoms. The topological polar surface area (TPSA) is 29.1 Å². The molecule has 0 aromatic heterocycles. The summed E-state index contributed by atoms with van der Waals surface area (Å²) in [6.45, 7) is 2.99. The molecule has 2 nitrogen and oxygen atoms in total. The minimum atomic E-state index is 0.0193. The average molecular weight is 252 g/mol. The molecule has 0 saturated heterocycles. The molecule has 2 rings (SSSR count). The summed E-state index contributed by atoms with van der Waals surface area (Å²) >= 11 is 5.71. The molecule has 1 amide bonds. The van der Waals surface area contributed by atoms with E-state index in [4.69, 9.17) is 11.6 Å². The molecule has 1 fully saturated rings. The van der Waals surface area contributed by atoms with E-state index in [1.807, 2.05) is 24.3 Å². The molecular formula is C14H18ClNO. The molecule has 1 aliphatic carbocycles. The second-order valence-electron chi connectivity index (χ2n) is 4.87. The fraction of sp³-hybridized carbons (Fsp3) is 0.500. The number of nitrogens with one attached hydrogen (secondary N) is 1. The van der Waals surface area contributed by atoms with Crippen LogP contribution in [-0.2, 0) is 5.88 Å². The van der Waals surface area contributed by atoms with Crippen LogP contribution in [-0.4, -0.2) is 12.5 Å². The Morgan fingerprint density at radius 3 is 2.47 bits per heavy atom. The zero-order valence-corrected chi connectivity index (χ0v) is 10.9. The first-order valence-corrected chi connectivity index (χ1v) is 6.66. The highest BCUT2D eigenvalue weighted by molar-refractivity contribution is 6.17. The number of carbonyl (C=O) groups is 1. The fourth-order valence-corrected chi connectivity index (χ4v) is 2.13. The lowest BCUT2D eigenvalue weighted by Gasteiger charge is -2.13. The van der Waals surface area contributed by atoms with Crippen LogP contribution >= 0.6 is 11.6 Å². The van der Waals surface area contributed by atoms with Crippen LogP contribution in [0.4, 0.5) is 0 Å². The zero-order valence-electron chi connectivity index (χ0n) is 10.1. The van der Waals surface area contributed by atoms with Crippen molar-refractivity contribution in [2.45, 2.75) is 32.1 Å². The number of benzene rings is 1. The standard InChI is InChI=1S/C14H18ClNO/c1-2-14(7-8-14)10-16-13(17)12-5-3-11(9-15)4-6-12/h3-6H,2,7-10H2,1H3,(H,16,17). The SMILES string of the molecule is CCC1(CNC(=O)c2ccc(CCl)cc2)CC1. The summed E-state index contributed by atoms with van der Waals surface area (Å²) in [6.07, 6.45) is 3.64. The van der Waals surface area contributed by atoms with Gasteiger partial charge in [-0.1, -0.05) is 19.1 Å². The second kappa shape index (κ2) is 5.09. The molecule has 1 aromatic carbocycles. The molecule has 0 aliphatic heterocycles. The number of rotatable bonds is 5. The van der Waals surface area contributed by atoms with E-state index in [9.17, 15) is 4.79 Å². The van der Waals surface area contributed by atoms with Crippen molar-refractivity contribution >= 4 is 17.5 Å². The summed E-state index contributed by atoms with van der Waals surface area (Å²) in [6, 6.07) is 7.46. The van der Waals surface area contributed by atoms with Crippen LogP contribution in [0.15, 0.2) is 24.3 Å². The van der Waals surface area contributed by atoms with Crippen LogP contribution in [0.1, 0.15) is 42.1 Å². The monoisotopic (exact) mass is 251 g/mol. The van der Waals surface area contributed by atoms with Gasteiger partial charge >= 0.3 is 0 Å². The van der Waals surface area contributed by atoms with Gasteiger partial charge in [0, 0.05) is 18.0 Å². The molecule has 1 N–H and O–H groups in total. The normalized spacial score (nSPS) is 16.6. The largest absolute Gasteiger partial charge is 0.351 e. The Morgan fingerprint density at radius 1 is 1.35 bits per heavy atom. The van der Waals surface area contributed by atoms with Crippen LogP contribution in [0.5, 0.6) is 0 Å². The number of carbonyl (C=O) groups excluding carboxylic acids is 1. The molecule has 0 radical (unpaired) electrons. The molecule has 1 aromatic rings. The van der Waals surface area contributed by atoms with Gasteiger partial charge in [0.15, 0.2) is 0 Å². The predicted octanol–water partition coefficient (Wildman–Crippen LogP) is 3.35. The third-order valence-electron chi connectivity index (χ3n) is 3.70. The van der Waals surface area contributed by atoms with E-state index in [-0.39, 0.29) is 5.91 Å². The third-order valence-corrected chi connectivity index (χ3v) is 4.01. The number of hydrogen-bond donors (Lipinski definition) is 1. The predicted molar refractivity (Wildman–Crippen MR) is 70.3 cm³/mol. The summed E-state index contributed by atoms with van der Waals surface area (Å²) in [5.41, 5.74) is 2.15. The van der Waals surface area contributed by atoms with Crippen molar-refractivity contribution in [2.75, 3.05) is 6.54 Å². The molecule has 3 heteroatoms. The molecule has 17 heavy (non-hydrogen) atoms. The van der Waals surface area contributed by atoms with Crippen molar-refractivity contribution in [3.63, 3.8) is 0 Å². The van der Waals surface area contributed by atoms with E-state index in [1.54, 1.807) is 0 Å². The maximum absolute atomic E-state index is 11.9. The lowest BCUT2D eigenvalue weighted by Crippen LogP contribution is -2.29. The Kier molecular flexibility index (Phi) is 3.72. The Labute approximate surface area is 107 Å². The van der Waals surface area contributed by atoms with E-state index in [2.05, 4.69) is 12.2 Å². The maximum Gasteiger partial charge on any atom is 0.251 e. The molecule has 1 saturated carbocycles.